The Bertz CT molecular complexity index is 666. The van der Waals surface area contributed by atoms with Gasteiger partial charge in [0.25, 0.3) is 0 Å². The zero-order valence-corrected chi connectivity index (χ0v) is 13.9. The molecule has 7 heteroatoms. The summed E-state index contributed by atoms with van der Waals surface area (Å²) < 4.78 is 37.7. The summed E-state index contributed by atoms with van der Waals surface area (Å²) in [5, 5.41) is 0.253. The molecule has 0 aliphatic rings. The van der Waals surface area contributed by atoms with E-state index in [-0.39, 0.29) is 21.4 Å². The largest absolute Gasteiger partial charge is 0.495 e. The molecule has 0 aromatic heterocycles. The van der Waals surface area contributed by atoms with E-state index >= 15 is 0 Å². The Morgan fingerprint density at radius 2 is 1.90 bits per heavy atom. The second kappa shape index (κ2) is 6.56. The van der Waals surface area contributed by atoms with Crippen LogP contribution in [0.1, 0.15) is 20.3 Å². The lowest BCUT2D eigenvalue weighted by molar-refractivity contribution is 0.391. The lowest BCUT2D eigenvalue weighted by Crippen LogP contribution is -2.44. The van der Waals surface area contributed by atoms with Crippen molar-refractivity contribution in [2.45, 2.75) is 30.7 Å². The minimum atomic E-state index is -3.89. The van der Waals surface area contributed by atoms with E-state index < -0.39 is 15.6 Å². The van der Waals surface area contributed by atoms with Gasteiger partial charge in [0.15, 0.2) is 0 Å². The number of rotatable bonds is 6. The second-order valence-corrected chi connectivity index (χ2v) is 6.63. The Morgan fingerprint density at radius 3 is 2.33 bits per heavy atom. The van der Waals surface area contributed by atoms with Crippen molar-refractivity contribution in [1.29, 1.82) is 0 Å². The zero-order valence-electron chi connectivity index (χ0n) is 12.4. The van der Waals surface area contributed by atoms with Crippen molar-refractivity contribution < 1.29 is 17.9 Å². The average molecular weight is 332 g/mol. The second-order valence-electron chi connectivity index (χ2n) is 4.57. The first-order valence-corrected chi connectivity index (χ1v) is 8.02. The van der Waals surface area contributed by atoms with Crippen LogP contribution in [-0.4, -0.2) is 28.2 Å². The van der Waals surface area contributed by atoms with E-state index in [0.29, 0.717) is 6.42 Å². The van der Waals surface area contributed by atoms with Crippen LogP contribution in [0, 0.1) is 12.3 Å². The summed E-state index contributed by atoms with van der Waals surface area (Å²) in [6.45, 7) is 3.42. The van der Waals surface area contributed by atoms with Gasteiger partial charge in [-0.1, -0.05) is 24.4 Å². The van der Waals surface area contributed by atoms with Crippen molar-refractivity contribution in [2.24, 2.45) is 0 Å². The molecule has 0 fully saturated rings. The molecule has 1 rings (SSSR count). The van der Waals surface area contributed by atoms with Crippen LogP contribution in [0.5, 0.6) is 11.5 Å². The third-order valence-electron chi connectivity index (χ3n) is 3.11. The molecule has 21 heavy (non-hydrogen) atoms. The molecular formula is C14H18ClNO4S. The highest BCUT2D eigenvalue weighted by molar-refractivity contribution is 7.89. The molecule has 116 valence electrons. The van der Waals surface area contributed by atoms with Gasteiger partial charge in [0.1, 0.15) is 16.4 Å². The van der Waals surface area contributed by atoms with Gasteiger partial charge in [0, 0.05) is 12.1 Å². The molecule has 0 heterocycles. The Morgan fingerprint density at radius 1 is 1.33 bits per heavy atom. The van der Waals surface area contributed by atoms with Crippen LogP contribution in [0.15, 0.2) is 17.0 Å². The summed E-state index contributed by atoms with van der Waals surface area (Å²) in [6, 6.07) is 2.68. The van der Waals surface area contributed by atoms with Gasteiger partial charge in [-0.15, -0.1) is 6.42 Å². The maximum absolute atomic E-state index is 12.5. The molecule has 0 unspecified atom stereocenters. The number of hydrogen-bond donors (Lipinski definition) is 1. The van der Waals surface area contributed by atoms with Gasteiger partial charge in [0.05, 0.1) is 24.8 Å². The molecule has 0 bridgehead atoms. The first-order chi connectivity index (χ1) is 9.72. The number of benzene rings is 1. The van der Waals surface area contributed by atoms with Gasteiger partial charge in [-0.05, 0) is 13.3 Å². The quantitative estimate of drug-likeness (QED) is 0.813. The minimum Gasteiger partial charge on any atom is -0.495 e. The summed E-state index contributed by atoms with van der Waals surface area (Å²) >= 11 is 5.97. The van der Waals surface area contributed by atoms with Crippen LogP contribution in [0.2, 0.25) is 5.02 Å². The molecule has 1 aromatic carbocycles. The zero-order chi connectivity index (χ0) is 16.3. The van der Waals surface area contributed by atoms with Crippen LogP contribution in [0.4, 0.5) is 0 Å². The van der Waals surface area contributed by atoms with Crippen LogP contribution in [-0.2, 0) is 10.0 Å². The molecule has 1 aromatic rings. The molecule has 0 aliphatic heterocycles. The van der Waals surface area contributed by atoms with Crippen LogP contribution >= 0.6 is 11.6 Å². The highest BCUT2D eigenvalue weighted by Gasteiger charge is 2.30. The van der Waals surface area contributed by atoms with Crippen LogP contribution < -0.4 is 14.2 Å². The Kier molecular flexibility index (Phi) is 5.51. The fourth-order valence-electron chi connectivity index (χ4n) is 1.60. The molecule has 5 nitrogen and oxygen atoms in total. The SMILES string of the molecule is C#C[C@](C)(CC)NS(=O)(=O)c1cc(OC)c(Cl)cc1OC. The lowest BCUT2D eigenvalue weighted by atomic mass is 10.0. The molecule has 1 N–H and O–H groups in total. The summed E-state index contributed by atoms with van der Waals surface area (Å²) in [5.41, 5.74) is -0.989. The van der Waals surface area contributed by atoms with Gasteiger partial charge in [-0.3, -0.25) is 0 Å². The normalized spacial score (nSPS) is 14.1. The van der Waals surface area contributed by atoms with Gasteiger partial charge in [0.2, 0.25) is 10.0 Å². The van der Waals surface area contributed by atoms with Crippen molar-refractivity contribution in [3.05, 3.63) is 17.2 Å². The van der Waals surface area contributed by atoms with Crippen molar-refractivity contribution in [3.8, 4) is 23.8 Å². The number of halogens is 1. The van der Waals surface area contributed by atoms with Gasteiger partial charge in [-0.2, -0.15) is 4.72 Å². The Hall–Kier alpha value is -1.42. The number of sulfonamides is 1. The fraction of sp³-hybridized carbons (Fsp3) is 0.429. The van der Waals surface area contributed by atoms with Crippen LogP contribution in [0.25, 0.3) is 0 Å². The molecular weight excluding hydrogens is 314 g/mol. The smallest absolute Gasteiger partial charge is 0.245 e. The number of nitrogens with one attached hydrogen (secondary N) is 1. The summed E-state index contributed by atoms with van der Waals surface area (Å²) in [7, 11) is -1.13. The van der Waals surface area contributed by atoms with Crippen molar-refractivity contribution in [3.63, 3.8) is 0 Å². The Balaban J connectivity index is 3.41. The lowest BCUT2D eigenvalue weighted by Gasteiger charge is -2.24. The fourth-order valence-corrected chi connectivity index (χ4v) is 3.40. The van der Waals surface area contributed by atoms with E-state index in [1.165, 1.54) is 26.4 Å². The third kappa shape index (κ3) is 3.82. The van der Waals surface area contributed by atoms with Crippen molar-refractivity contribution in [2.75, 3.05) is 14.2 Å². The monoisotopic (exact) mass is 331 g/mol. The van der Waals surface area contributed by atoms with Gasteiger partial charge < -0.3 is 9.47 Å². The number of hydrogen-bond acceptors (Lipinski definition) is 4. The average Bonchev–Trinajstić information content (AvgIpc) is 2.45. The first-order valence-electron chi connectivity index (χ1n) is 6.16. The van der Waals surface area contributed by atoms with E-state index in [2.05, 4.69) is 10.6 Å². The highest BCUT2D eigenvalue weighted by atomic mass is 35.5. The number of methoxy groups -OCH3 is 2. The van der Waals surface area contributed by atoms with E-state index in [9.17, 15) is 8.42 Å². The standard InChI is InChI=1S/C14H18ClNO4S/c1-6-14(3,7-2)16-21(17,18)13-9-11(19-4)10(15)8-12(13)20-5/h1,8-9,16H,7H2,2-5H3/t14-/m1/s1. The number of terminal acetylenes is 1. The molecule has 0 spiro atoms. The van der Waals surface area contributed by atoms with Crippen molar-refractivity contribution in [1.82, 2.24) is 4.72 Å². The molecule has 0 aliphatic carbocycles. The van der Waals surface area contributed by atoms with E-state index in [0.717, 1.165) is 0 Å². The predicted octanol–water partition coefficient (Wildman–Crippen LogP) is 2.44. The van der Waals surface area contributed by atoms with E-state index in [1.807, 2.05) is 0 Å². The summed E-state index contributed by atoms with van der Waals surface area (Å²) in [4.78, 5) is -0.0822. The molecule has 0 radical (unpaired) electrons. The number of ether oxygens (including phenoxy) is 2. The summed E-state index contributed by atoms with van der Waals surface area (Å²) in [5.74, 6) is 2.79. The maximum Gasteiger partial charge on any atom is 0.245 e. The Labute approximate surface area is 130 Å². The molecule has 0 amide bonds. The van der Waals surface area contributed by atoms with Crippen molar-refractivity contribution >= 4 is 21.6 Å². The predicted molar refractivity (Wildman–Crippen MR) is 82.4 cm³/mol. The molecule has 1 atom stereocenters. The maximum atomic E-state index is 12.5. The third-order valence-corrected chi connectivity index (χ3v) is 5.03. The van der Waals surface area contributed by atoms with Gasteiger partial charge >= 0.3 is 0 Å². The highest BCUT2D eigenvalue weighted by Crippen LogP contribution is 2.35. The van der Waals surface area contributed by atoms with E-state index in [4.69, 9.17) is 27.5 Å². The van der Waals surface area contributed by atoms with Crippen LogP contribution in [0.3, 0.4) is 0 Å². The first kappa shape index (κ1) is 17.6. The topological polar surface area (TPSA) is 64.6 Å². The molecule has 0 saturated carbocycles. The van der Waals surface area contributed by atoms with Gasteiger partial charge in [-0.25, -0.2) is 8.42 Å². The van der Waals surface area contributed by atoms with E-state index in [1.54, 1.807) is 13.8 Å². The minimum absolute atomic E-state index is 0.0822. The molecule has 0 saturated heterocycles. The summed E-state index contributed by atoms with van der Waals surface area (Å²) in [6.07, 6.45) is 5.84.